The van der Waals surface area contributed by atoms with Gasteiger partial charge < -0.3 is 0 Å². The number of benzene rings is 2. The number of carbonyl (C=O) groups is 1. The zero-order chi connectivity index (χ0) is 14.0. The molecule has 0 heterocycles. The summed E-state index contributed by atoms with van der Waals surface area (Å²) in [6, 6.07) is 10.2. The highest BCUT2D eigenvalue weighted by Gasteiger charge is 2.11. The first-order valence-corrected chi connectivity index (χ1v) is 6.39. The summed E-state index contributed by atoms with van der Waals surface area (Å²) in [6.45, 7) is 3.84. The van der Waals surface area contributed by atoms with E-state index in [1.54, 1.807) is 6.07 Å². The lowest BCUT2D eigenvalue weighted by atomic mass is 9.97. The maximum Gasteiger partial charge on any atom is 0.167 e. The maximum absolute atomic E-state index is 13.3. The van der Waals surface area contributed by atoms with Crippen LogP contribution in [0.4, 0.5) is 4.39 Å². The molecule has 0 saturated carbocycles. The van der Waals surface area contributed by atoms with Gasteiger partial charge in [-0.05, 0) is 43.2 Å². The molecule has 0 atom stereocenters. The fourth-order valence-corrected chi connectivity index (χ4v) is 2.08. The number of Topliss-reactive ketones (excluding diaryl/α,β-unsaturated/α-hetero) is 1. The maximum atomic E-state index is 13.3. The van der Waals surface area contributed by atoms with Crippen LogP contribution in [0.15, 0.2) is 36.4 Å². The molecule has 2 rings (SSSR count). The zero-order valence-electron chi connectivity index (χ0n) is 10.8. The molecule has 0 aromatic heterocycles. The summed E-state index contributed by atoms with van der Waals surface area (Å²) < 4.78 is 13.3. The van der Waals surface area contributed by atoms with Crippen LogP contribution in [0.1, 0.15) is 27.0 Å². The first-order valence-electron chi connectivity index (χ1n) is 6.02. The molecular weight excluding hydrogens is 263 g/mol. The molecule has 0 spiro atoms. The fraction of sp³-hybridized carbons (Fsp3) is 0.188. The molecule has 0 radical (unpaired) electrons. The summed E-state index contributed by atoms with van der Waals surface area (Å²) in [5, 5.41) is 0.0722. The van der Waals surface area contributed by atoms with Crippen molar-refractivity contribution in [3.8, 4) is 0 Å². The third-order valence-electron chi connectivity index (χ3n) is 3.04. The summed E-state index contributed by atoms with van der Waals surface area (Å²) in [5.41, 5.74) is 3.30. The minimum Gasteiger partial charge on any atom is -0.294 e. The van der Waals surface area contributed by atoms with Crippen LogP contribution in [0.25, 0.3) is 0 Å². The van der Waals surface area contributed by atoms with Crippen molar-refractivity contribution in [1.82, 2.24) is 0 Å². The Bertz CT molecular complexity index is 635. The Morgan fingerprint density at radius 3 is 2.58 bits per heavy atom. The average Bonchev–Trinajstić information content (AvgIpc) is 2.36. The first kappa shape index (κ1) is 13.8. The zero-order valence-corrected chi connectivity index (χ0v) is 11.6. The smallest absolute Gasteiger partial charge is 0.167 e. The Morgan fingerprint density at radius 2 is 1.89 bits per heavy atom. The van der Waals surface area contributed by atoms with E-state index >= 15 is 0 Å². The van der Waals surface area contributed by atoms with Crippen LogP contribution in [-0.2, 0) is 6.42 Å². The van der Waals surface area contributed by atoms with Crippen molar-refractivity contribution in [2.24, 2.45) is 0 Å². The van der Waals surface area contributed by atoms with Crippen LogP contribution < -0.4 is 0 Å². The van der Waals surface area contributed by atoms with E-state index in [0.717, 1.165) is 11.1 Å². The van der Waals surface area contributed by atoms with Gasteiger partial charge in [-0.1, -0.05) is 35.4 Å². The van der Waals surface area contributed by atoms with Gasteiger partial charge in [0.15, 0.2) is 5.78 Å². The predicted octanol–water partition coefficient (Wildman–Crippen LogP) is 4.52. The standard InChI is InChI=1S/C16H14ClFO/c1-10-3-4-11(2)13(7-10)16(19)9-12-5-6-14(17)15(18)8-12/h3-8H,9H2,1-2H3. The molecule has 0 N–H and O–H groups in total. The molecule has 2 aromatic carbocycles. The van der Waals surface area contributed by atoms with Crippen molar-refractivity contribution in [3.63, 3.8) is 0 Å². The molecule has 3 heteroatoms. The third kappa shape index (κ3) is 3.21. The monoisotopic (exact) mass is 276 g/mol. The molecule has 19 heavy (non-hydrogen) atoms. The molecule has 0 amide bonds. The Morgan fingerprint density at radius 1 is 1.16 bits per heavy atom. The van der Waals surface area contributed by atoms with Crippen molar-refractivity contribution >= 4 is 17.4 Å². The Kier molecular flexibility index (Phi) is 4.01. The summed E-state index contributed by atoms with van der Waals surface area (Å²) in [4.78, 5) is 12.2. The molecule has 0 aliphatic rings. The van der Waals surface area contributed by atoms with Crippen molar-refractivity contribution < 1.29 is 9.18 Å². The highest BCUT2D eigenvalue weighted by Crippen LogP contribution is 2.18. The lowest BCUT2D eigenvalue weighted by molar-refractivity contribution is 0.0992. The normalized spacial score (nSPS) is 10.5. The Hall–Kier alpha value is -1.67. The number of aryl methyl sites for hydroxylation is 2. The summed E-state index contributed by atoms with van der Waals surface area (Å²) in [5.74, 6) is -0.504. The molecule has 0 aliphatic heterocycles. The second kappa shape index (κ2) is 5.54. The quantitative estimate of drug-likeness (QED) is 0.753. The molecular formula is C16H14ClFO. The van der Waals surface area contributed by atoms with Crippen LogP contribution in [0, 0.1) is 19.7 Å². The van der Waals surface area contributed by atoms with Gasteiger partial charge in [0, 0.05) is 12.0 Å². The van der Waals surface area contributed by atoms with E-state index in [2.05, 4.69) is 0 Å². The summed E-state index contributed by atoms with van der Waals surface area (Å²) in [7, 11) is 0. The van der Waals surface area contributed by atoms with E-state index in [4.69, 9.17) is 11.6 Å². The highest BCUT2D eigenvalue weighted by atomic mass is 35.5. The van der Waals surface area contributed by atoms with Gasteiger partial charge in [0.1, 0.15) is 5.82 Å². The van der Waals surface area contributed by atoms with Crippen molar-refractivity contribution in [2.75, 3.05) is 0 Å². The van der Waals surface area contributed by atoms with E-state index in [-0.39, 0.29) is 17.2 Å². The van der Waals surface area contributed by atoms with Crippen LogP contribution in [0.3, 0.4) is 0 Å². The van der Waals surface area contributed by atoms with E-state index < -0.39 is 5.82 Å². The number of halogens is 2. The first-order chi connectivity index (χ1) is 8.97. The highest BCUT2D eigenvalue weighted by molar-refractivity contribution is 6.30. The molecule has 0 aliphatic carbocycles. The lowest BCUT2D eigenvalue weighted by Gasteiger charge is -2.07. The number of ketones is 1. The van der Waals surface area contributed by atoms with Gasteiger partial charge in [-0.15, -0.1) is 0 Å². The lowest BCUT2D eigenvalue weighted by Crippen LogP contribution is -2.06. The van der Waals surface area contributed by atoms with Gasteiger partial charge in [-0.25, -0.2) is 4.39 Å². The second-order valence-corrected chi connectivity index (χ2v) is 5.07. The van der Waals surface area contributed by atoms with Crippen LogP contribution in [-0.4, -0.2) is 5.78 Å². The van der Waals surface area contributed by atoms with E-state index in [9.17, 15) is 9.18 Å². The molecule has 0 unspecified atom stereocenters. The van der Waals surface area contributed by atoms with E-state index in [0.29, 0.717) is 11.1 Å². The van der Waals surface area contributed by atoms with Gasteiger partial charge in [0.25, 0.3) is 0 Å². The largest absolute Gasteiger partial charge is 0.294 e. The van der Waals surface area contributed by atoms with E-state index in [1.807, 2.05) is 32.0 Å². The number of hydrogen-bond donors (Lipinski definition) is 0. The van der Waals surface area contributed by atoms with Gasteiger partial charge in [0.2, 0.25) is 0 Å². The predicted molar refractivity (Wildman–Crippen MR) is 75.4 cm³/mol. The molecule has 1 nitrogen and oxygen atoms in total. The van der Waals surface area contributed by atoms with Crippen LogP contribution in [0.2, 0.25) is 5.02 Å². The third-order valence-corrected chi connectivity index (χ3v) is 3.35. The molecule has 0 bridgehead atoms. The average molecular weight is 277 g/mol. The molecule has 0 fully saturated rings. The van der Waals surface area contributed by atoms with Crippen LogP contribution in [0.5, 0.6) is 0 Å². The second-order valence-electron chi connectivity index (χ2n) is 4.67. The summed E-state index contributed by atoms with van der Waals surface area (Å²) in [6.07, 6.45) is 0.179. The Labute approximate surface area is 117 Å². The SMILES string of the molecule is Cc1ccc(C)c(C(=O)Cc2ccc(Cl)c(F)c2)c1. The molecule has 98 valence electrons. The van der Waals surface area contributed by atoms with Gasteiger partial charge in [0.05, 0.1) is 5.02 Å². The Balaban J connectivity index is 2.25. The summed E-state index contributed by atoms with van der Waals surface area (Å²) >= 11 is 5.62. The van der Waals surface area contributed by atoms with Gasteiger partial charge >= 0.3 is 0 Å². The fourth-order valence-electron chi connectivity index (χ4n) is 1.97. The van der Waals surface area contributed by atoms with Crippen molar-refractivity contribution in [3.05, 3.63) is 69.5 Å². The van der Waals surface area contributed by atoms with Gasteiger partial charge in [-0.2, -0.15) is 0 Å². The number of rotatable bonds is 3. The van der Waals surface area contributed by atoms with Crippen LogP contribution >= 0.6 is 11.6 Å². The number of carbonyl (C=O) groups excluding carboxylic acids is 1. The van der Waals surface area contributed by atoms with Crippen molar-refractivity contribution in [2.45, 2.75) is 20.3 Å². The minimum absolute atomic E-state index is 0.0112. The van der Waals surface area contributed by atoms with Gasteiger partial charge in [-0.3, -0.25) is 4.79 Å². The minimum atomic E-state index is -0.493. The molecule has 2 aromatic rings. The van der Waals surface area contributed by atoms with E-state index in [1.165, 1.54) is 12.1 Å². The number of hydrogen-bond acceptors (Lipinski definition) is 1. The topological polar surface area (TPSA) is 17.1 Å². The molecule has 0 saturated heterocycles. The van der Waals surface area contributed by atoms with Crippen molar-refractivity contribution in [1.29, 1.82) is 0 Å².